The summed E-state index contributed by atoms with van der Waals surface area (Å²) in [7, 11) is 1.70. The highest BCUT2D eigenvalue weighted by molar-refractivity contribution is 6.31. The van der Waals surface area contributed by atoms with Gasteiger partial charge in [-0.1, -0.05) is 17.7 Å². The molecule has 0 radical (unpaired) electrons. The molecule has 0 spiro atoms. The molecule has 0 aliphatic heterocycles. The van der Waals surface area contributed by atoms with Gasteiger partial charge >= 0.3 is 0 Å². The van der Waals surface area contributed by atoms with Crippen molar-refractivity contribution >= 4 is 11.6 Å². The number of ether oxygens (including phenoxy) is 1. The second-order valence-electron chi connectivity index (χ2n) is 5.06. The van der Waals surface area contributed by atoms with Crippen molar-refractivity contribution in [3.8, 4) is 5.75 Å². The summed E-state index contributed by atoms with van der Waals surface area (Å²) in [4.78, 5) is 0. The maximum Gasteiger partial charge on any atom is 0.124 e. The first-order chi connectivity index (χ1) is 7.63. The first kappa shape index (κ1) is 10.4. The first-order valence-corrected chi connectivity index (χ1v) is 6.13. The fourth-order valence-electron chi connectivity index (χ4n) is 2.87. The van der Waals surface area contributed by atoms with Gasteiger partial charge in [-0.3, -0.25) is 0 Å². The lowest BCUT2D eigenvalue weighted by molar-refractivity contribution is 0.393. The molecule has 2 aliphatic carbocycles. The van der Waals surface area contributed by atoms with Crippen LogP contribution in [0.15, 0.2) is 18.2 Å². The SMILES string of the molecule is COc1cccc(Cl)c1C1(C2(N)CC2)CC1. The number of hydrogen-bond donors (Lipinski definition) is 1. The lowest BCUT2D eigenvalue weighted by Gasteiger charge is -2.26. The van der Waals surface area contributed by atoms with E-state index in [1.807, 2.05) is 18.2 Å². The summed E-state index contributed by atoms with van der Waals surface area (Å²) in [6, 6.07) is 5.84. The van der Waals surface area contributed by atoms with Gasteiger partial charge in [-0.2, -0.15) is 0 Å². The standard InChI is InChI=1S/C13H16ClNO/c1-16-10-4-2-3-9(14)11(10)12(5-6-12)13(15)7-8-13/h2-4H,5-8,15H2,1H3. The van der Waals surface area contributed by atoms with Gasteiger partial charge in [-0.15, -0.1) is 0 Å². The zero-order valence-corrected chi connectivity index (χ0v) is 10.2. The Morgan fingerprint density at radius 3 is 2.44 bits per heavy atom. The van der Waals surface area contributed by atoms with Gasteiger partial charge < -0.3 is 10.5 Å². The van der Waals surface area contributed by atoms with Gasteiger partial charge in [0.05, 0.1) is 7.11 Å². The van der Waals surface area contributed by atoms with Crippen LogP contribution < -0.4 is 10.5 Å². The van der Waals surface area contributed by atoms with Crippen molar-refractivity contribution in [3.05, 3.63) is 28.8 Å². The van der Waals surface area contributed by atoms with Gasteiger partial charge in [0.15, 0.2) is 0 Å². The fourth-order valence-corrected chi connectivity index (χ4v) is 3.22. The Kier molecular flexibility index (Phi) is 2.05. The molecule has 16 heavy (non-hydrogen) atoms. The third-order valence-electron chi connectivity index (χ3n) is 4.17. The lowest BCUT2D eigenvalue weighted by atomic mass is 9.85. The molecule has 0 bridgehead atoms. The van der Waals surface area contributed by atoms with Crippen molar-refractivity contribution < 1.29 is 4.74 Å². The summed E-state index contributed by atoms with van der Waals surface area (Å²) in [6.45, 7) is 0. The Bertz CT molecular complexity index is 436. The van der Waals surface area contributed by atoms with E-state index in [0.29, 0.717) is 0 Å². The second kappa shape index (κ2) is 3.14. The van der Waals surface area contributed by atoms with Gasteiger partial charge in [0.25, 0.3) is 0 Å². The average Bonchev–Trinajstić information content (AvgIpc) is 3.14. The number of hydrogen-bond acceptors (Lipinski definition) is 2. The smallest absolute Gasteiger partial charge is 0.124 e. The molecule has 0 heterocycles. The predicted octanol–water partition coefficient (Wildman–Crippen LogP) is 2.87. The summed E-state index contributed by atoms with van der Waals surface area (Å²) in [6.07, 6.45) is 4.51. The second-order valence-corrected chi connectivity index (χ2v) is 5.46. The highest BCUT2D eigenvalue weighted by Gasteiger charge is 2.65. The van der Waals surface area contributed by atoms with Crippen LogP contribution in [-0.4, -0.2) is 12.6 Å². The van der Waals surface area contributed by atoms with Crippen LogP contribution in [0.3, 0.4) is 0 Å². The Morgan fingerprint density at radius 1 is 1.25 bits per heavy atom. The monoisotopic (exact) mass is 237 g/mol. The maximum atomic E-state index is 6.40. The van der Waals surface area contributed by atoms with Crippen molar-refractivity contribution in [3.63, 3.8) is 0 Å². The number of rotatable bonds is 3. The van der Waals surface area contributed by atoms with Gasteiger partial charge in [0.1, 0.15) is 5.75 Å². The van der Waals surface area contributed by atoms with Crippen molar-refractivity contribution in [2.45, 2.75) is 36.6 Å². The van der Waals surface area contributed by atoms with Crippen LogP contribution in [0.4, 0.5) is 0 Å². The molecular formula is C13H16ClNO. The van der Waals surface area contributed by atoms with Gasteiger partial charge in [0, 0.05) is 21.5 Å². The Labute approximate surface area is 101 Å². The molecule has 2 N–H and O–H groups in total. The van der Waals surface area contributed by atoms with Crippen LogP contribution in [0, 0.1) is 0 Å². The topological polar surface area (TPSA) is 35.2 Å². The molecule has 1 aromatic rings. The van der Waals surface area contributed by atoms with E-state index >= 15 is 0 Å². The fraction of sp³-hybridized carbons (Fsp3) is 0.538. The van der Waals surface area contributed by atoms with E-state index in [9.17, 15) is 0 Å². The van der Waals surface area contributed by atoms with E-state index in [1.165, 1.54) is 0 Å². The predicted molar refractivity (Wildman–Crippen MR) is 65.1 cm³/mol. The van der Waals surface area contributed by atoms with Crippen LogP contribution in [0.1, 0.15) is 31.2 Å². The lowest BCUT2D eigenvalue weighted by Crippen LogP contribution is -2.37. The van der Waals surface area contributed by atoms with E-state index in [0.717, 1.165) is 42.0 Å². The summed E-state index contributed by atoms with van der Waals surface area (Å²) in [5, 5.41) is 0.800. The van der Waals surface area contributed by atoms with Crippen LogP contribution in [0.5, 0.6) is 5.75 Å². The highest BCUT2D eigenvalue weighted by Crippen LogP contribution is 2.66. The normalized spacial score (nSPS) is 23.9. The van der Waals surface area contributed by atoms with E-state index in [2.05, 4.69) is 0 Å². The minimum absolute atomic E-state index is 0.0225. The molecule has 0 saturated heterocycles. The van der Waals surface area contributed by atoms with Crippen molar-refractivity contribution in [1.29, 1.82) is 0 Å². The molecule has 2 aliphatic rings. The average molecular weight is 238 g/mol. The van der Waals surface area contributed by atoms with E-state index in [1.54, 1.807) is 7.11 Å². The minimum Gasteiger partial charge on any atom is -0.496 e. The number of benzene rings is 1. The summed E-state index contributed by atoms with van der Waals surface area (Å²) < 4.78 is 5.44. The number of methoxy groups -OCH3 is 1. The van der Waals surface area contributed by atoms with Crippen LogP contribution in [0.25, 0.3) is 0 Å². The van der Waals surface area contributed by atoms with Gasteiger partial charge in [-0.05, 0) is 37.8 Å². The molecule has 86 valence electrons. The minimum atomic E-state index is -0.0225. The molecule has 2 nitrogen and oxygen atoms in total. The first-order valence-electron chi connectivity index (χ1n) is 5.75. The molecule has 0 atom stereocenters. The molecule has 0 unspecified atom stereocenters. The molecule has 1 aromatic carbocycles. The molecule has 3 heteroatoms. The zero-order chi connectivity index (χ0) is 11.4. The van der Waals surface area contributed by atoms with Crippen molar-refractivity contribution in [2.75, 3.05) is 7.11 Å². The number of nitrogens with two attached hydrogens (primary N) is 1. The zero-order valence-electron chi connectivity index (χ0n) is 9.42. The molecule has 2 fully saturated rings. The van der Waals surface area contributed by atoms with Crippen molar-refractivity contribution in [1.82, 2.24) is 0 Å². The van der Waals surface area contributed by atoms with E-state index in [4.69, 9.17) is 22.1 Å². The molecule has 0 amide bonds. The third-order valence-corrected chi connectivity index (χ3v) is 4.48. The Hall–Kier alpha value is -0.730. The van der Waals surface area contributed by atoms with Crippen LogP contribution in [-0.2, 0) is 5.41 Å². The summed E-state index contributed by atoms with van der Waals surface area (Å²) >= 11 is 6.33. The number of halogens is 1. The summed E-state index contributed by atoms with van der Waals surface area (Å²) in [5.74, 6) is 0.890. The molecule has 2 saturated carbocycles. The highest BCUT2D eigenvalue weighted by atomic mass is 35.5. The largest absolute Gasteiger partial charge is 0.496 e. The Balaban J connectivity index is 2.13. The Morgan fingerprint density at radius 2 is 1.94 bits per heavy atom. The maximum absolute atomic E-state index is 6.40. The molecule has 3 rings (SSSR count). The quantitative estimate of drug-likeness (QED) is 0.878. The third kappa shape index (κ3) is 1.23. The van der Waals surface area contributed by atoms with Gasteiger partial charge in [0.2, 0.25) is 0 Å². The van der Waals surface area contributed by atoms with E-state index in [-0.39, 0.29) is 11.0 Å². The van der Waals surface area contributed by atoms with Crippen LogP contribution >= 0.6 is 11.6 Å². The summed E-state index contributed by atoms with van der Waals surface area (Å²) in [5.41, 5.74) is 7.61. The molecular weight excluding hydrogens is 222 g/mol. The molecule has 0 aromatic heterocycles. The van der Waals surface area contributed by atoms with E-state index < -0.39 is 0 Å². The van der Waals surface area contributed by atoms with Crippen LogP contribution in [0.2, 0.25) is 5.02 Å². The van der Waals surface area contributed by atoms with Crippen molar-refractivity contribution in [2.24, 2.45) is 5.73 Å². The van der Waals surface area contributed by atoms with Gasteiger partial charge in [-0.25, -0.2) is 0 Å².